The van der Waals surface area contributed by atoms with Crippen molar-refractivity contribution in [3.05, 3.63) is 263 Å². The summed E-state index contributed by atoms with van der Waals surface area (Å²) in [4.78, 5) is 0. The Morgan fingerprint density at radius 1 is 0.182 bits per heavy atom. The predicted molar refractivity (Wildman–Crippen MR) is 495 cm³/mol. The van der Waals surface area contributed by atoms with Gasteiger partial charge in [-0.05, 0) is 252 Å². The Morgan fingerprint density at radius 3 is 0.745 bits per heavy atom. The molecule has 4 aromatic heterocycles. The van der Waals surface area contributed by atoms with Crippen LogP contribution in [0.25, 0.3) is 190 Å². The summed E-state index contributed by atoms with van der Waals surface area (Å²) in [5.41, 5.74) is 21.7. The molecule has 0 radical (unpaired) electrons. The summed E-state index contributed by atoms with van der Waals surface area (Å²) >= 11 is 7.87. The number of fused-ring (bicyclic) bond motifs is 16. The fourth-order valence-electron chi connectivity index (χ4n) is 17.9. The Hall–Kier alpha value is -9.52. The van der Waals surface area contributed by atoms with Gasteiger partial charge in [0.2, 0.25) is 0 Å². The molecule has 0 unspecified atom stereocenters. The van der Waals surface area contributed by atoms with Crippen LogP contribution in [-0.2, 0) is 32.5 Å². The number of benzene rings is 16. The van der Waals surface area contributed by atoms with Gasteiger partial charge in [-0.25, -0.2) is 0 Å². The number of rotatable bonds is 4. The highest BCUT2D eigenvalue weighted by atomic mass is 32.1. The van der Waals surface area contributed by atoms with Gasteiger partial charge >= 0.3 is 0 Å². The van der Waals surface area contributed by atoms with Crippen molar-refractivity contribution in [1.82, 2.24) is 0 Å². The van der Waals surface area contributed by atoms with E-state index in [9.17, 15) is 0 Å². The third-order valence-electron chi connectivity index (χ3n) is 24.3. The molecule has 4 heteroatoms. The second-order valence-corrected chi connectivity index (χ2v) is 42.4. The van der Waals surface area contributed by atoms with E-state index in [1.165, 1.54) is 234 Å². The van der Waals surface area contributed by atoms with E-state index in [1.807, 2.05) is 45.3 Å². The fourth-order valence-corrected chi connectivity index (χ4v) is 22.7. The van der Waals surface area contributed by atoms with Crippen LogP contribution >= 0.6 is 45.3 Å². The van der Waals surface area contributed by atoms with Gasteiger partial charge in [0.1, 0.15) is 0 Å². The van der Waals surface area contributed by atoms with E-state index in [4.69, 9.17) is 0 Å². The molecule has 544 valence electrons. The average molecular weight is 1500 g/mol. The minimum absolute atomic E-state index is 0.0637. The number of hydrogen-bond donors (Lipinski definition) is 0. The number of thiophene rings is 4. The van der Waals surface area contributed by atoms with Crippen molar-refractivity contribution >= 4 is 191 Å². The van der Waals surface area contributed by atoms with Crippen molar-refractivity contribution in [2.75, 3.05) is 0 Å². The summed E-state index contributed by atoms with van der Waals surface area (Å²) in [6.45, 7) is 46.1. The lowest BCUT2D eigenvalue weighted by molar-refractivity contribution is 0.590. The van der Waals surface area contributed by atoms with Crippen LogP contribution in [0.15, 0.2) is 218 Å². The van der Waals surface area contributed by atoms with Gasteiger partial charge in [-0.1, -0.05) is 269 Å². The van der Waals surface area contributed by atoms with E-state index in [-0.39, 0.29) is 32.5 Å². The van der Waals surface area contributed by atoms with E-state index in [0.29, 0.717) is 0 Å². The monoisotopic (exact) mass is 1500 g/mol. The predicted octanol–water partition coefficient (Wildman–Crippen LogP) is 33.7. The quantitative estimate of drug-likeness (QED) is 0.154. The topological polar surface area (TPSA) is 0 Å². The van der Waals surface area contributed by atoms with Crippen molar-refractivity contribution in [2.45, 2.75) is 171 Å². The van der Waals surface area contributed by atoms with Crippen molar-refractivity contribution in [1.29, 1.82) is 0 Å². The first kappa shape index (κ1) is 70.8. The molecule has 0 atom stereocenters. The largest absolute Gasteiger partial charge is 0.135 e. The van der Waals surface area contributed by atoms with Gasteiger partial charge < -0.3 is 0 Å². The molecule has 20 aromatic rings. The van der Waals surface area contributed by atoms with Crippen LogP contribution in [0.4, 0.5) is 0 Å². The van der Waals surface area contributed by atoms with E-state index < -0.39 is 0 Å². The normalized spacial score (nSPS) is 13.3. The lowest BCUT2D eigenvalue weighted by atomic mass is 9.82. The van der Waals surface area contributed by atoms with Crippen LogP contribution in [0.5, 0.6) is 0 Å². The molecule has 0 N–H and O–H groups in total. The van der Waals surface area contributed by atoms with E-state index >= 15 is 0 Å². The molecule has 20 rings (SSSR count). The molecule has 0 aliphatic rings. The van der Waals surface area contributed by atoms with Crippen LogP contribution in [0.2, 0.25) is 0 Å². The second kappa shape index (κ2) is 24.5. The first-order chi connectivity index (χ1) is 52.1. The highest BCUT2D eigenvalue weighted by Crippen LogP contribution is 2.57. The van der Waals surface area contributed by atoms with Gasteiger partial charge in [-0.3, -0.25) is 0 Å². The van der Waals surface area contributed by atoms with Gasteiger partial charge in [0, 0.05) is 102 Å². The Kier molecular flexibility index (Phi) is 15.8. The van der Waals surface area contributed by atoms with Crippen molar-refractivity contribution in [3.63, 3.8) is 0 Å². The minimum atomic E-state index is 0.0637. The average Bonchev–Trinajstić information content (AvgIpc) is 1.29. The van der Waals surface area contributed by atoms with Crippen LogP contribution in [0.1, 0.15) is 169 Å². The van der Waals surface area contributed by atoms with Crippen LogP contribution in [-0.4, -0.2) is 0 Å². The molecule has 0 spiro atoms. The van der Waals surface area contributed by atoms with E-state index in [0.717, 1.165) is 0 Å². The maximum absolute atomic E-state index is 2.56. The minimum Gasteiger partial charge on any atom is -0.135 e. The maximum atomic E-state index is 2.56. The maximum Gasteiger partial charge on any atom is 0.0434 e. The Balaban J connectivity index is 0.000000150. The third-order valence-corrected chi connectivity index (χ3v) is 29.1. The highest BCUT2D eigenvalue weighted by molar-refractivity contribution is 7.28. The zero-order valence-electron chi connectivity index (χ0n) is 67.4. The molecule has 0 nitrogen and oxygen atoms in total. The highest BCUT2D eigenvalue weighted by Gasteiger charge is 2.30. The van der Waals surface area contributed by atoms with Crippen molar-refractivity contribution < 1.29 is 0 Å². The molecule has 0 amide bonds. The Labute approximate surface area is 663 Å². The summed E-state index contributed by atoms with van der Waals surface area (Å²) in [7, 11) is 0. The summed E-state index contributed by atoms with van der Waals surface area (Å²) in [5.74, 6) is 0. The summed E-state index contributed by atoms with van der Waals surface area (Å²) in [6, 6.07) is 86.2. The van der Waals surface area contributed by atoms with Gasteiger partial charge in [0.15, 0.2) is 0 Å². The van der Waals surface area contributed by atoms with Crippen LogP contribution < -0.4 is 0 Å². The number of hydrogen-bond acceptors (Lipinski definition) is 4. The SMILES string of the molecule is CC(C)(C)c1ccc(-c2cc3c4sc5ccc(C(C)(C)C)cc5c4cc4c(-c5ccc(C(C)(C)C)cc5)cc5c6sc7ccc(C(C)(C)C)cc7c6cc2c5c43)cc1.Cc1cccc(-c2cc3c4sc5cc(C(C)(C)C)ccc5c4cc4c(-c5cccc(C)c5)cc5c6sc7cc(C(C)(C)C)ccc7c6cc2c5c43)c1. The smallest absolute Gasteiger partial charge is 0.0434 e. The van der Waals surface area contributed by atoms with Crippen LogP contribution in [0.3, 0.4) is 0 Å². The van der Waals surface area contributed by atoms with Gasteiger partial charge in [0.05, 0.1) is 0 Å². The molecule has 0 saturated heterocycles. The molecule has 0 bridgehead atoms. The first-order valence-corrected chi connectivity index (χ1v) is 42.8. The van der Waals surface area contributed by atoms with Crippen LogP contribution in [0, 0.1) is 13.8 Å². The lowest BCUT2D eigenvalue weighted by Crippen LogP contribution is -2.10. The number of aryl methyl sites for hydroxylation is 2. The molecule has 110 heavy (non-hydrogen) atoms. The fraction of sp³-hybridized carbons (Fsp3) is 0.245. The molecular weight excluding hydrogens is 1400 g/mol. The Bertz CT molecular complexity index is 6790. The molecular formula is C106H96S4. The molecule has 0 fully saturated rings. The van der Waals surface area contributed by atoms with Crippen molar-refractivity contribution in [3.8, 4) is 44.5 Å². The van der Waals surface area contributed by atoms with Gasteiger partial charge in [-0.2, -0.15) is 0 Å². The van der Waals surface area contributed by atoms with E-state index in [2.05, 4.69) is 357 Å². The molecule has 0 saturated carbocycles. The third kappa shape index (κ3) is 11.4. The van der Waals surface area contributed by atoms with Crippen molar-refractivity contribution in [2.24, 2.45) is 0 Å². The molecule has 0 aliphatic carbocycles. The zero-order chi connectivity index (χ0) is 76.7. The van der Waals surface area contributed by atoms with Gasteiger partial charge in [0.25, 0.3) is 0 Å². The summed E-state index contributed by atoms with van der Waals surface area (Å²) in [6.07, 6.45) is 0. The Morgan fingerprint density at radius 2 is 0.445 bits per heavy atom. The standard InChI is InChI=1S/C56H54S2.C50H42S2/c1-53(2,3)33-17-13-31(14-18-33)37-27-45-50-42(30-44-40-26-36(56(10,11)12)22-24-48(40)57-51(44)45)38(32-15-19-34(20-16-32)54(4,5)6)28-46-49(50)41(37)29-43-39-25-35(55(7,8)9)21-23-47(39)58-52(43)46;1-27-11-9-13-29(19-27)35-23-41-46-38(26-40-34-18-16-32(50(6,7)8)22-44(34)51-47(40)41)36(30-14-10-12-28(2)20-30)24-42-45(46)37(35)25-39-33-17-15-31(49(3,4)5)21-43(33)52-48(39)42/h13-30H,1-12H3;9-26H,1-8H3. The lowest BCUT2D eigenvalue weighted by Gasteiger charge is -2.22. The second-order valence-electron chi connectivity index (χ2n) is 38.2. The zero-order valence-corrected chi connectivity index (χ0v) is 70.7. The summed E-state index contributed by atoms with van der Waals surface area (Å²) in [5, 5.41) is 27.3. The summed E-state index contributed by atoms with van der Waals surface area (Å²) < 4.78 is 11.0. The van der Waals surface area contributed by atoms with Gasteiger partial charge in [-0.15, -0.1) is 45.3 Å². The molecule has 16 aromatic carbocycles. The van der Waals surface area contributed by atoms with E-state index in [1.54, 1.807) is 0 Å². The first-order valence-electron chi connectivity index (χ1n) is 39.5. The molecule has 0 aliphatic heterocycles. The molecule has 4 heterocycles.